The molecule has 4 nitrogen and oxygen atoms in total. The van der Waals surface area contributed by atoms with Gasteiger partial charge in [-0.1, -0.05) is 30.3 Å². The van der Waals surface area contributed by atoms with Crippen LogP contribution in [0.2, 0.25) is 0 Å². The third kappa shape index (κ3) is 4.73. The fourth-order valence-electron chi connectivity index (χ4n) is 2.50. The van der Waals surface area contributed by atoms with Gasteiger partial charge in [0, 0.05) is 0 Å². The van der Waals surface area contributed by atoms with Gasteiger partial charge in [0.05, 0.1) is 17.9 Å². The van der Waals surface area contributed by atoms with Crippen LogP contribution in [0.5, 0.6) is 11.5 Å². The fourth-order valence-corrected chi connectivity index (χ4v) is 3.30. The Bertz CT molecular complexity index is 840. The Kier molecular flexibility index (Phi) is 5.90. The highest BCUT2D eigenvalue weighted by atomic mass is 32.1. The SMILES string of the molecule is CCOC(=O)Cc1sccc1OCCOc1ccc2ccccc2c1. The summed E-state index contributed by atoms with van der Waals surface area (Å²) in [6.45, 7) is 3.04. The van der Waals surface area contributed by atoms with Crippen molar-refractivity contribution in [3.8, 4) is 11.5 Å². The highest BCUT2D eigenvalue weighted by molar-refractivity contribution is 7.10. The number of carbonyl (C=O) groups is 1. The van der Waals surface area contributed by atoms with E-state index in [0.29, 0.717) is 19.8 Å². The molecule has 0 radical (unpaired) electrons. The van der Waals surface area contributed by atoms with Gasteiger partial charge in [-0.3, -0.25) is 4.79 Å². The summed E-state index contributed by atoms with van der Waals surface area (Å²) in [6.07, 6.45) is 0.242. The lowest BCUT2D eigenvalue weighted by atomic mass is 10.1. The van der Waals surface area contributed by atoms with Gasteiger partial charge in [-0.25, -0.2) is 0 Å². The highest BCUT2D eigenvalue weighted by Gasteiger charge is 2.11. The van der Waals surface area contributed by atoms with Gasteiger partial charge in [0.2, 0.25) is 0 Å². The maximum atomic E-state index is 11.6. The van der Waals surface area contributed by atoms with Crippen molar-refractivity contribution in [3.63, 3.8) is 0 Å². The first-order valence-electron chi connectivity index (χ1n) is 8.22. The topological polar surface area (TPSA) is 44.8 Å². The minimum absolute atomic E-state index is 0.234. The van der Waals surface area contributed by atoms with E-state index in [2.05, 4.69) is 12.1 Å². The lowest BCUT2D eigenvalue weighted by molar-refractivity contribution is -0.142. The van der Waals surface area contributed by atoms with Crippen LogP contribution in [0.1, 0.15) is 11.8 Å². The first-order chi connectivity index (χ1) is 12.3. The fraction of sp³-hybridized carbons (Fsp3) is 0.250. The minimum Gasteiger partial charge on any atom is -0.490 e. The maximum Gasteiger partial charge on any atom is 0.311 e. The molecule has 1 heterocycles. The van der Waals surface area contributed by atoms with Crippen molar-refractivity contribution in [2.45, 2.75) is 13.3 Å². The first kappa shape index (κ1) is 17.3. The van der Waals surface area contributed by atoms with Crippen LogP contribution in [0.4, 0.5) is 0 Å². The summed E-state index contributed by atoms with van der Waals surface area (Å²) in [6, 6.07) is 16.1. The molecule has 0 aliphatic carbocycles. The van der Waals surface area contributed by atoms with Crippen molar-refractivity contribution in [2.24, 2.45) is 0 Å². The van der Waals surface area contributed by atoms with Crippen LogP contribution in [-0.4, -0.2) is 25.8 Å². The number of rotatable bonds is 8. The Balaban J connectivity index is 1.50. The van der Waals surface area contributed by atoms with E-state index >= 15 is 0 Å². The van der Waals surface area contributed by atoms with Gasteiger partial charge < -0.3 is 14.2 Å². The molecule has 25 heavy (non-hydrogen) atoms. The third-order valence-corrected chi connectivity index (χ3v) is 4.55. The van der Waals surface area contributed by atoms with Crippen LogP contribution in [0, 0.1) is 0 Å². The Labute approximate surface area is 151 Å². The van der Waals surface area contributed by atoms with Gasteiger partial charge in [0.1, 0.15) is 24.7 Å². The van der Waals surface area contributed by atoms with Crippen molar-refractivity contribution in [1.82, 2.24) is 0 Å². The van der Waals surface area contributed by atoms with E-state index in [0.717, 1.165) is 21.8 Å². The number of esters is 1. The lowest BCUT2D eigenvalue weighted by Crippen LogP contribution is -2.11. The molecular formula is C20H20O4S. The van der Waals surface area contributed by atoms with E-state index in [1.54, 1.807) is 6.92 Å². The van der Waals surface area contributed by atoms with Crippen LogP contribution >= 0.6 is 11.3 Å². The van der Waals surface area contributed by atoms with Crippen molar-refractivity contribution < 1.29 is 19.0 Å². The second kappa shape index (κ2) is 8.53. The Morgan fingerprint density at radius 1 is 1.00 bits per heavy atom. The number of hydrogen-bond donors (Lipinski definition) is 0. The zero-order valence-electron chi connectivity index (χ0n) is 14.1. The van der Waals surface area contributed by atoms with Crippen LogP contribution in [0.15, 0.2) is 53.9 Å². The van der Waals surface area contributed by atoms with Crippen molar-refractivity contribution in [3.05, 3.63) is 58.8 Å². The normalized spacial score (nSPS) is 10.6. The maximum absolute atomic E-state index is 11.6. The molecule has 2 aromatic carbocycles. The molecule has 1 aromatic heterocycles. The minimum atomic E-state index is -0.234. The van der Waals surface area contributed by atoms with Crippen molar-refractivity contribution in [1.29, 1.82) is 0 Å². The highest BCUT2D eigenvalue weighted by Crippen LogP contribution is 2.26. The van der Waals surface area contributed by atoms with E-state index in [9.17, 15) is 4.79 Å². The lowest BCUT2D eigenvalue weighted by Gasteiger charge is -2.09. The van der Waals surface area contributed by atoms with Crippen molar-refractivity contribution >= 4 is 28.1 Å². The third-order valence-electron chi connectivity index (χ3n) is 3.65. The summed E-state index contributed by atoms with van der Waals surface area (Å²) < 4.78 is 16.5. The molecule has 130 valence electrons. The van der Waals surface area contributed by atoms with Crippen molar-refractivity contribution in [2.75, 3.05) is 19.8 Å². The van der Waals surface area contributed by atoms with E-state index in [4.69, 9.17) is 14.2 Å². The Morgan fingerprint density at radius 3 is 2.64 bits per heavy atom. The Morgan fingerprint density at radius 2 is 1.80 bits per heavy atom. The summed E-state index contributed by atoms with van der Waals surface area (Å²) in [5.74, 6) is 1.31. The van der Waals surface area contributed by atoms with Gasteiger partial charge in [-0.15, -0.1) is 11.3 Å². The average molecular weight is 356 g/mol. The molecule has 3 rings (SSSR count). The number of benzene rings is 2. The second-order valence-corrected chi connectivity index (χ2v) is 6.40. The summed E-state index contributed by atoms with van der Waals surface area (Å²) >= 11 is 1.49. The molecule has 5 heteroatoms. The summed E-state index contributed by atoms with van der Waals surface area (Å²) in [4.78, 5) is 12.5. The zero-order chi connectivity index (χ0) is 17.5. The van der Waals surface area contributed by atoms with Crippen LogP contribution in [-0.2, 0) is 16.0 Å². The molecular weight excluding hydrogens is 336 g/mol. The molecule has 0 aliphatic heterocycles. The van der Waals surface area contributed by atoms with Crippen LogP contribution < -0.4 is 9.47 Å². The predicted octanol–water partition coefficient (Wildman–Crippen LogP) is 4.46. The molecule has 0 saturated carbocycles. The monoisotopic (exact) mass is 356 g/mol. The number of ether oxygens (including phenoxy) is 3. The van der Waals surface area contributed by atoms with Gasteiger partial charge in [0.25, 0.3) is 0 Å². The van der Waals surface area contributed by atoms with Gasteiger partial charge in [0.15, 0.2) is 0 Å². The summed E-state index contributed by atoms with van der Waals surface area (Å²) in [7, 11) is 0. The molecule has 0 saturated heterocycles. The number of carbonyl (C=O) groups excluding carboxylic acids is 1. The summed E-state index contributed by atoms with van der Waals surface area (Å²) in [5.41, 5.74) is 0. The van der Waals surface area contributed by atoms with Gasteiger partial charge in [-0.2, -0.15) is 0 Å². The molecule has 0 unspecified atom stereocenters. The zero-order valence-corrected chi connectivity index (χ0v) is 14.9. The quantitative estimate of drug-likeness (QED) is 0.441. The first-order valence-corrected chi connectivity index (χ1v) is 9.10. The molecule has 0 fully saturated rings. The number of thiophene rings is 1. The van der Waals surface area contributed by atoms with Crippen LogP contribution in [0.25, 0.3) is 10.8 Å². The molecule has 0 N–H and O–H groups in total. The predicted molar refractivity (Wildman–Crippen MR) is 99.6 cm³/mol. The largest absolute Gasteiger partial charge is 0.490 e. The standard InChI is InChI=1S/C20H20O4S/c1-2-22-20(21)14-19-18(9-12-25-19)24-11-10-23-17-8-7-15-5-3-4-6-16(15)13-17/h3-9,12-13H,2,10-11,14H2,1H3. The smallest absolute Gasteiger partial charge is 0.311 e. The van der Waals surface area contributed by atoms with E-state index in [-0.39, 0.29) is 12.4 Å². The molecule has 0 aliphatic rings. The molecule has 3 aromatic rings. The van der Waals surface area contributed by atoms with E-state index in [1.165, 1.54) is 16.7 Å². The van der Waals surface area contributed by atoms with E-state index < -0.39 is 0 Å². The molecule has 0 spiro atoms. The molecule has 0 bridgehead atoms. The average Bonchev–Trinajstić information content (AvgIpc) is 3.05. The van der Waals surface area contributed by atoms with Crippen LogP contribution in [0.3, 0.4) is 0 Å². The number of hydrogen-bond acceptors (Lipinski definition) is 5. The molecule has 0 atom stereocenters. The second-order valence-electron chi connectivity index (χ2n) is 5.40. The van der Waals surface area contributed by atoms with E-state index in [1.807, 2.05) is 41.8 Å². The van der Waals surface area contributed by atoms with Gasteiger partial charge >= 0.3 is 5.97 Å². The van der Waals surface area contributed by atoms with Gasteiger partial charge in [-0.05, 0) is 41.3 Å². The summed E-state index contributed by atoms with van der Waals surface area (Å²) in [5, 5.41) is 4.25. The molecule has 0 amide bonds. The Hall–Kier alpha value is -2.53. The number of fused-ring (bicyclic) bond motifs is 1.